The van der Waals surface area contributed by atoms with Crippen molar-refractivity contribution >= 4 is 22.0 Å². The second-order valence-corrected chi connectivity index (χ2v) is 4.19. The van der Waals surface area contributed by atoms with Crippen LogP contribution in [0.25, 0.3) is 6.08 Å². The quantitative estimate of drug-likeness (QED) is 0.916. The highest BCUT2D eigenvalue weighted by Crippen LogP contribution is 2.33. The predicted octanol–water partition coefficient (Wildman–Crippen LogP) is 3.05. The van der Waals surface area contributed by atoms with E-state index in [4.69, 9.17) is 10.5 Å². The van der Waals surface area contributed by atoms with Crippen LogP contribution in [-0.2, 0) is 0 Å². The molecule has 1 aromatic carbocycles. The fourth-order valence-corrected chi connectivity index (χ4v) is 1.86. The van der Waals surface area contributed by atoms with Gasteiger partial charge in [0.05, 0.1) is 7.11 Å². The van der Waals surface area contributed by atoms with Crippen LogP contribution >= 0.6 is 15.9 Å². The smallest absolute Gasteiger partial charge is 0.130 e. The van der Waals surface area contributed by atoms with Gasteiger partial charge in [-0.3, -0.25) is 0 Å². The number of hydrogen-bond donors (Lipinski definition) is 1. The van der Waals surface area contributed by atoms with Crippen LogP contribution in [0, 0.1) is 13.8 Å². The summed E-state index contributed by atoms with van der Waals surface area (Å²) in [6.45, 7) is 4.64. The third kappa shape index (κ3) is 2.61. The Morgan fingerprint density at radius 1 is 1.47 bits per heavy atom. The van der Waals surface area contributed by atoms with E-state index in [9.17, 15) is 0 Å². The van der Waals surface area contributed by atoms with E-state index in [1.54, 1.807) is 7.11 Å². The minimum atomic E-state index is 0.539. The minimum absolute atomic E-state index is 0.539. The molecule has 1 aromatic rings. The van der Waals surface area contributed by atoms with Gasteiger partial charge in [0, 0.05) is 22.1 Å². The molecule has 0 fully saturated rings. The second kappa shape index (κ2) is 5.33. The van der Waals surface area contributed by atoms with Crippen molar-refractivity contribution < 1.29 is 4.74 Å². The first-order valence-corrected chi connectivity index (χ1v) is 5.61. The maximum atomic E-state index is 5.44. The third-order valence-corrected chi connectivity index (χ3v) is 3.51. The highest BCUT2D eigenvalue weighted by Gasteiger charge is 2.09. The van der Waals surface area contributed by atoms with Crippen LogP contribution in [-0.4, -0.2) is 13.7 Å². The highest BCUT2D eigenvalue weighted by molar-refractivity contribution is 9.10. The summed E-state index contributed by atoms with van der Waals surface area (Å²) >= 11 is 3.54. The lowest BCUT2D eigenvalue weighted by Gasteiger charge is -2.12. The van der Waals surface area contributed by atoms with E-state index in [0.717, 1.165) is 21.3 Å². The molecule has 0 spiro atoms. The summed E-state index contributed by atoms with van der Waals surface area (Å²) in [5, 5.41) is 0. The van der Waals surface area contributed by atoms with Gasteiger partial charge in [0.15, 0.2) is 0 Å². The molecule has 0 atom stereocenters. The molecular weight excluding hydrogens is 254 g/mol. The van der Waals surface area contributed by atoms with E-state index in [1.165, 1.54) is 5.56 Å². The van der Waals surface area contributed by atoms with E-state index < -0.39 is 0 Å². The number of methoxy groups -OCH3 is 1. The van der Waals surface area contributed by atoms with Gasteiger partial charge < -0.3 is 10.5 Å². The Morgan fingerprint density at radius 2 is 2.13 bits per heavy atom. The summed E-state index contributed by atoms with van der Waals surface area (Å²) in [6.07, 6.45) is 3.91. The van der Waals surface area contributed by atoms with Crippen LogP contribution < -0.4 is 10.5 Å². The summed E-state index contributed by atoms with van der Waals surface area (Å²) in [4.78, 5) is 0. The zero-order chi connectivity index (χ0) is 11.4. The SMILES string of the molecule is COc1c(/C=C/CN)cc(C)c(Br)c1C. The van der Waals surface area contributed by atoms with Gasteiger partial charge in [-0.05, 0) is 25.5 Å². The molecule has 0 bridgehead atoms. The van der Waals surface area contributed by atoms with Crippen LogP contribution in [0.1, 0.15) is 16.7 Å². The number of ether oxygens (including phenoxy) is 1. The van der Waals surface area contributed by atoms with Gasteiger partial charge in [-0.1, -0.05) is 28.1 Å². The molecule has 15 heavy (non-hydrogen) atoms. The molecule has 0 aliphatic heterocycles. The standard InChI is InChI=1S/C12H16BrNO/c1-8-7-10(5-4-6-14)12(15-3)9(2)11(8)13/h4-5,7H,6,14H2,1-3H3/b5-4+. The van der Waals surface area contributed by atoms with Crippen LogP contribution in [0.3, 0.4) is 0 Å². The van der Waals surface area contributed by atoms with Gasteiger partial charge in [0.1, 0.15) is 5.75 Å². The molecule has 2 nitrogen and oxygen atoms in total. The molecule has 0 saturated carbocycles. The molecule has 0 aromatic heterocycles. The first kappa shape index (κ1) is 12.3. The molecule has 0 radical (unpaired) electrons. The molecule has 0 aliphatic rings. The van der Waals surface area contributed by atoms with Crippen molar-refractivity contribution in [2.45, 2.75) is 13.8 Å². The summed E-state index contributed by atoms with van der Waals surface area (Å²) in [7, 11) is 1.68. The second-order valence-electron chi connectivity index (χ2n) is 3.39. The predicted molar refractivity (Wildman–Crippen MR) is 68.3 cm³/mol. The number of rotatable bonds is 3. The van der Waals surface area contributed by atoms with Gasteiger partial charge in [0.25, 0.3) is 0 Å². The molecule has 0 amide bonds. The molecule has 0 heterocycles. The van der Waals surface area contributed by atoms with Gasteiger partial charge in [-0.15, -0.1) is 0 Å². The largest absolute Gasteiger partial charge is 0.496 e. The Labute approximate surface area is 99.3 Å². The Hall–Kier alpha value is -0.800. The monoisotopic (exact) mass is 269 g/mol. The van der Waals surface area contributed by atoms with Gasteiger partial charge in [0.2, 0.25) is 0 Å². The topological polar surface area (TPSA) is 35.2 Å². The van der Waals surface area contributed by atoms with E-state index in [1.807, 2.05) is 19.1 Å². The maximum absolute atomic E-state index is 5.44. The zero-order valence-electron chi connectivity index (χ0n) is 9.30. The average molecular weight is 270 g/mol. The lowest BCUT2D eigenvalue weighted by Crippen LogP contribution is -1.96. The van der Waals surface area contributed by atoms with Crippen molar-refractivity contribution in [3.63, 3.8) is 0 Å². The number of aryl methyl sites for hydroxylation is 1. The lowest BCUT2D eigenvalue weighted by atomic mass is 10.0. The Kier molecular flexibility index (Phi) is 4.36. The summed E-state index contributed by atoms with van der Waals surface area (Å²) in [5.74, 6) is 0.900. The van der Waals surface area contributed by atoms with Crippen LogP contribution in [0.4, 0.5) is 0 Å². The van der Waals surface area contributed by atoms with Gasteiger partial charge in [-0.25, -0.2) is 0 Å². The summed E-state index contributed by atoms with van der Waals surface area (Å²) < 4.78 is 6.49. The maximum Gasteiger partial charge on any atom is 0.130 e. The van der Waals surface area contributed by atoms with E-state index in [-0.39, 0.29) is 0 Å². The molecule has 0 aliphatic carbocycles. The van der Waals surface area contributed by atoms with Gasteiger partial charge >= 0.3 is 0 Å². The summed E-state index contributed by atoms with van der Waals surface area (Å²) in [5.41, 5.74) is 8.83. The molecule has 2 N–H and O–H groups in total. The van der Waals surface area contributed by atoms with Crippen molar-refractivity contribution in [1.82, 2.24) is 0 Å². The summed E-state index contributed by atoms with van der Waals surface area (Å²) in [6, 6.07) is 2.09. The fourth-order valence-electron chi connectivity index (χ4n) is 1.56. The Balaban J connectivity index is 3.31. The van der Waals surface area contributed by atoms with E-state index in [2.05, 4.69) is 28.9 Å². The van der Waals surface area contributed by atoms with Crippen molar-refractivity contribution in [2.24, 2.45) is 5.73 Å². The van der Waals surface area contributed by atoms with Crippen LogP contribution in [0.15, 0.2) is 16.6 Å². The minimum Gasteiger partial charge on any atom is -0.496 e. The van der Waals surface area contributed by atoms with Crippen molar-refractivity contribution in [3.8, 4) is 5.75 Å². The van der Waals surface area contributed by atoms with Crippen molar-refractivity contribution in [1.29, 1.82) is 0 Å². The van der Waals surface area contributed by atoms with Crippen LogP contribution in [0.5, 0.6) is 5.75 Å². The number of nitrogens with two attached hydrogens (primary N) is 1. The fraction of sp³-hybridized carbons (Fsp3) is 0.333. The van der Waals surface area contributed by atoms with Gasteiger partial charge in [-0.2, -0.15) is 0 Å². The Morgan fingerprint density at radius 3 is 2.67 bits per heavy atom. The number of hydrogen-bond acceptors (Lipinski definition) is 2. The van der Waals surface area contributed by atoms with Crippen LogP contribution in [0.2, 0.25) is 0 Å². The first-order chi connectivity index (χ1) is 7.11. The Bertz CT molecular complexity index is 386. The number of halogens is 1. The highest BCUT2D eigenvalue weighted by atomic mass is 79.9. The first-order valence-electron chi connectivity index (χ1n) is 4.82. The van der Waals surface area contributed by atoms with E-state index >= 15 is 0 Å². The molecule has 0 unspecified atom stereocenters. The molecule has 0 saturated heterocycles. The lowest BCUT2D eigenvalue weighted by molar-refractivity contribution is 0.410. The normalized spacial score (nSPS) is 11.0. The molecule has 3 heteroatoms. The zero-order valence-corrected chi connectivity index (χ0v) is 10.9. The number of benzene rings is 1. The molecule has 1 rings (SSSR count). The third-order valence-electron chi connectivity index (χ3n) is 2.29. The van der Waals surface area contributed by atoms with Crippen molar-refractivity contribution in [3.05, 3.63) is 33.3 Å². The average Bonchev–Trinajstić information content (AvgIpc) is 2.23. The van der Waals surface area contributed by atoms with E-state index in [0.29, 0.717) is 6.54 Å². The molecular formula is C12H16BrNO. The molecule has 82 valence electrons. The van der Waals surface area contributed by atoms with Crippen molar-refractivity contribution in [2.75, 3.05) is 13.7 Å².